The van der Waals surface area contributed by atoms with Crippen LogP contribution in [0.3, 0.4) is 0 Å². The summed E-state index contributed by atoms with van der Waals surface area (Å²) >= 11 is 3.34. The van der Waals surface area contributed by atoms with Gasteiger partial charge in [-0.1, -0.05) is 25.1 Å². The quantitative estimate of drug-likeness (QED) is 0.687. The average molecular weight is 329 g/mol. The van der Waals surface area contributed by atoms with Crippen molar-refractivity contribution in [2.24, 2.45) is 0 Å². The van der Waals surface area contributed by atoms with E-state index in [0.717, 1.165) is 27.9 Å². The first-order valence-electron chi connectivity index (χ1n) is 7.34. The number of para-hydroxylation sites is 1. The van der Waals surface area contributed by atoms with Crippen LogP contribution in [0.25, 0.3) is 10.6 Å². The van der Waals surface area contributed by atoms with Gasteiger partial charge in [0.05, 0.1) is 21.3 Å². The van der Waals surface area contributed by atoms with E-state index in [-0.39, 0.29) is 0 Å². The molecule has 0 fully saturated rings. The second-order valence-corrected chi connectivity index (χ2v) is 7.33. The van der Waals surface area contributed by atoms with Gasteiger partial charge < -0.3 is 5.32 Å². The third-order valence-corrected chi connectivity index (χ3v) is 5.47. The molecule has 0 saturated heterocycles. The molecule has 1 aromatic carbocycles. The van der Waals surface area contributed by atoms with E-state index < -0.39 is 0 Å². The molecule has 2 heterocycles. The second-order valence-electron chi connectivity index (χ2n) is 5.27. The van der Waals surface area contributed by atoms with Gasteiger partial charge in [0.15, 0.2) is 5.13 Å². The molecule has 2 aromatic heterocycles. The Morgan fingerprint density at radius 2 is 1.95 bits per heavy atom. The lowest BCUT2D eigenvalue weighted by Crippen LogP contribution is -1.97. The zero-order valence-corrected chi connectivity index (χ0v) is 14.9. The van der Waals surface area contributed by atoms with E-state index >= 15 is 0 Å². The Bertz CT molecular complexity index is 802. The molecule has 0 unspecified atom stereocenters. The first kappa shape index (κ1) is 15.2. The van der Waals surface area contributed by atoms with Crippen molar-refractivity contribution >= 4 is 33.5 Å². The van der Waals surface area contributed by atoms with Gasteiger partial charge in [-0.25, -0.2) is 9.97 Å². The van der Waals surface area contributed by atoms with Crippen LogP contribution in [0.2, 0.25) is 0 Å². The van der Waals surface area contributed by atoms with Gasteiger partial charge in [-0.3, -0.25) is 0 Å². The summed E-state index contributed by atoms with van der Waals surface area (Å²) in [6.45, 7) is 8.39. The Kier molecular flexibility index (Phi) is 4.27. The first-order valence-corrected chi connectivity index (χ1v) is 9.03. The number of thiazole rings is 2. The van der Waals surface area contributed by atoms with Crippen molar-refractivity contribution in [3.63, 3.8) is 0 Å². The summed E-state index contributed by atoms with van der Waals surface area (Å²) in [6.07, 6.45) is 1.01. The highest BCUT2D eigenvalue weighted by molar-refractivity contribution is 7.16. The molecule has 3 aromatic rings. The third kappa shape index (κ3) is 2.91. The minimum atomic E-state index is 0.935. The van der Waals surface area contributed by atoms with Crippen LogP contribution in [0.1, 0.15) is 28.8 Å². The van der Waals surface area contributed by atoms with Crippen molar-refractivity contribution in [1.29, 1.82) is 0 Å². The Hall–Kier alpha value is -1.72. The molecule has 22 heavy (non-hydrogen) atoms. The number of aromatic nitrogens is 2. The molecule has 0 aliphatic carbocycles. The standard InChI is InChI=1S/C17H19N3S2/c1-5-13-8-6-7-10(2)15(13)20-17-19-14(9-21-17)16-11(3)18-12(4)22-16/h6-9H,5H2,1-4H3,(H,19,20). The lowest BCUT2D eigenvalue weighted by atomic mass is 10.1. The zero-order valence-electron chi connectivity index (χ0n) is 13.2. The summed E-state index contributed by atoms with van der Waals surface area (Å²) < 4.78 is 0. The lowest BCUT2D eigenvalue weighted by Gasteiger charge is -2.11. The van der Waals surface area contributed by atoms with Gasteiger partial charge in [-0.05, 0) is 38.3 Å². The van der Waals surface area contributed by atoms with Crippen LogP contribution in [0.4, 0.5) is 10.8 Å². The summed E-state index contributed by atoms with van der Waals surface area (Å²) in [5.74, 6) is 0. The lowest BCUT2D eigenvalue weighted by molar-refractivity contribution is 1.13. The highest BCUT2D eigenvalue weighted by Gasteiger charge is 2.12. The third-order valence-electron chi connectivity index (χ3n) is 3.61. The van der Waals surface area contributed by atoms with E-state index in [0.29, 0.717) is 0 Å². The minimum absolute atomic E-state index is 0.935. The predicted molar refractivity (Wildman–Crippen MR) is 96.5 cm³/mol. The van der Waals surface area contributed by atoms with Gasteiger partial charge in [0.25, 0.3) is 0 Å². The Balaban J connectivity index is 1.91. The zero-order chi connectivity index (χ0) is 15.7. The molecule has 0 saturated carbocycles. The maximum absolute atomic E-state index is 4.74. The number of rotatable bonds is 4. The van der Waals surface area contributed by atoms with Crippen LogP contribution in [-0.2, 0) is 6.42 Å². The number of benzene rings is 1. The molecule has 0 aliphatic rings. The molecule has 0 atom stereocenters. The van der Waals surface area contributed by atoms with E-state index in [1.165, 1.54) is 21.7 Å². The summed E-state index contributed by atoms with van der Waals surface area (Å²) in [4.78, 5) is 10.4. The van der Waals surface area contributed by atoms with Crippen LogP contribution < -0.4 is 5.32 Å². The number of hydrogen-bond donors (Lipinski definition) is 1. The Morgan fingerprint density at radius 1 is 1.14 bits per heavy atom. The van der Waals surface area contributed by atoms with Gasteiger partial charge in [0, 0.05) is 11.1 Å². The van der Waals surface area contributed by atoms with Crippen LogP contribution in [-0.4, -0.2) is 9.97 Å². The predicted octanol–water partition coefficient (Wildman–Crippen LogP) is 5.50. The van der Waals surface area contributed by atoms with E-state index in [1.54, 1.807) is 22.7 Å². The Labute approximate surface area is 139 Å². The molecule has 3 nitrogen and oxygen atoms in total. The normalized spacial score (nSPS) is 10.9. The molecule has 0 radical (unpaired) electrons. The summed E-state index contributed by atoms with van der Waals surface area (Å²) in [7, 11) is 0. The maximum atomic E-state index is 4.74. The van der Waals surface area contributed by atoms with Crippen molar-refractivity contribution in [3.8, 4) is 10.6 Å². The van der Waals surface area contributed by atoms with E-state index in [1.807, 2.05) is 13.8 Å². The summed E-state index contributed by atoms with van der Waals surface area (Å²) in [5, 5.41) is 7.62. The Morgan fingerprint density at radius 3 is 2.64 bits per heavy atom. The van der Waals surface area contributed by atoms with Crippen molar-refractivity contribution in [3.05, 3.63) is 45.4 Å². The SMILES string of the molecule is CCc1cccc(C)c1Nc1nc(-c2sc(C)nc2C)cs1. The number of aryl methyl sites for hydroxylation is 4. The minimum Gasteiger partial charge on any atom is -0.331 e. The van der Waals surface area contributed by atoms with E-state index in [9.17, 15) is 0 Å². The molecular formula is C17H19N3S2. The second kappa shape index (κ2) is 6.18. The average Bonchev–Trinajstić information content (AvgIpc) is 3.07. The maximum Gasteiger partial charge on any atom is 0.187 e. The number of nitrogens with one attached hydrogen (secondary N) is 1. The van der Waals surface area contributed by atoms with E-state index in [4.69, 9.17) is 4.98 Å². The molecule has 0 bridgehead atoms. The fourth-order valence-corrected chi connectivity index (χ4v) is 4.17. The van der Waals surface area contributed by atoms with Gasteiger partial charge in [-0.2, -0.15) is 0 Å². The van der Waals surface area contributed by atoms with Crippen LogP contribution >= 0.6 is 22.7 Å². The smallest absolute Gasteiger partial charge is 0.187 e. The molecule has 1 N–H and O–H groups in total. The van der Waals surface area contributed by atoms with Crippen molar-refractivity contribution in [2.45, 2.75) is 34.1 Å². The first-order chi connectivity index (χ1) is 10.6. The molecule has 5 heteroatoms. The summed E-state index contributed by atoms with van der Waals surface area (Å²) in [5.41, 5.74) is 5.83. The van der Waals surface area contributed by atoms with Crippen molar-refractivity contribution < 1.29 is 0 Å². The number of anilines is 2. The molecule has 3 rings (SSSR count). The molecular weight excluding hydrogens is 310 g/mol. The largest absolute Gasteiger partial charge is 0.331 e. The van der Waals surface area contributed by atoms with E-state index in [2.05, 4.69) is 47.7 Å². The fraction of sp³-hybridized carbons (Fsp3) is 0.294. The highest BCUT2D eigenvalue weighted by atomic mass is 32.1. The van der Waals surface area contributed by atoms with Gasteiger partial charge in [0.1, 0.15) is 0 Å². The van der Waals surface area contributed by atoms with Gasteiger partial charge >= 0.3 is 0 Å². The van der Waals surface area contributed by atoms with Crippen LogP contribution in [0, 0.1) is 20.8 Å². The van der Waals surface area contributed by atoms with Crippen molar-refractivity contribution in [2.75, 3.05) is 5.32 Å². The number of hydrogen-bond acceptors (Lipinski definition) is 5. The molecule has 114 valence electrons. The molecule has 0 aliphatic heterocycles. The number of nitrogens with zero attached hydrogens (tertiary/aromatic N) is 2. The summed E-state index contributed by atoms with van der Waals surface area (Å²) in [6, 6.07) is 6.41. The van der Waals surface area contributed by atoms with Crippen LogP contribution in [0.5, 0.6) is 0 Å². The monoisotopic (exact) mass is 329 g/mol. The topological polar surface area (TPSA) is 37.8 Å². The molecule has 0 amide bonds. The molecule has 0 spiro atoms. The highest BCUT2D eigenvalue weighted by Crippen LogP contribution is 2.34. The van der Waals surface area contributed by atoms with Gasteiger partial charge in [-0.15, -0.1) is 22.7 Å². The fourth-order valence-electron chi connectivity index (χ4n) is 2.51. The van der Waals surface area contributed by atoms with Crippen LogP contribution in [0.15, 0.2) is 23.6 Å². The van der Waals surface area contributed by atoms with Gasteiger partial charge in [0.2, 0.25) is 0 Å². The van der Waals surface area contributed by atoms with Crippen molar-refractivity contribution in [1.82, 2.24) is 9.97 Å².